The molecule has 2 N–H and O–H groups in total. The highest BCUT2D eigenvalue weighted by Gasteiger charge is 2.21. The molecule has 1 atom stereocenters. The fourth-order valence-corrected chi connectivity index (χ4v) is 1.32. The van der Waals surface area contributed by atoms with Crippen LogP contribution in [-0.2, 0) is 10.2 Å². The van der Waals surface area contributed by atoms with Crippen LogP contribution in [0.15, 0.2) is 0 Å². The van der Waals surface area contributed by atoms with Crippen molar-refractivity contribution < 1.29 is 9.53 Å². The van der Waals surface area contributed by atoms with E-state index in [1.54, 1.807) is 0 Å². The molecule has 0 bridgehead atoms. The van der Waals surface area contributed by atoms with Crippen LogP contribution in [0.5, 0.6) is 0 Å². The van der Waals surface area contributed by atoms with Crippen molar-refractivity contribution in [1.82, 2.24) is 20.5 Å². The minimum atomic E-state index is -0.283. The fourth-order valence-electron chi connectivity index (χ4n) is 1.32. The first-order valence-corrected chi connectivity index (χ1v) is 6.16. The number of carbonyl (C=O) groups is 1. The maximum atomic E-state index is 11.8. The molecule has 0 aliphatic carbocycles. The molecular weight excluding hydrogens is 232 g/mol. The molecule has 1 amide bonds. The van der Waals surface area contributed by atoms with Gasteiger partial charge in [-0.2, -0.15) is 0 Å². The van der Waals surface area contributed by atoms with Gasteiger partial charge in [0.15, 0.2) is 0 Å². The first kappa shape index (κ1) is 14.6. The van der Waals surface area contributed by atoms with E-state index in [9.17, 15) is 4.79 Å². The maximum absolute atomic E-state index is 11.8. The summed E-state index contributed by atoms with van der Waals surface area (Å²) in [6.07, 6.45) is 0. The molecule has 6 nitrogen and oxygen atoms in total. The van der Waals surface area contributed by atoms with Gasteiger partial charge in [0, 0.05) is 18.1 Å². The predicted octanol–water partition coefficient (Wildman–Crippen LogP) is 1.26. The molecule has 0 radical (unpaired) electrons. The van der Waals surface area contributed by atoms with Crippen molar-refractivity contribution in [2.75, 3.05) is 13.2 Å². The molecule has 0 spiro atoms. The molecule has 0 saturated carbocycles. The number of hydrogen-bond donors (Lipinski definition) is 2. The van der Waals surface area contributed by atoms with Crippen LogP contribution in [0.2, 0.25) is 0 Å². The second-order valence-corrected chi connectivity index (χ2v) is 5.29. The molecule has 0 aliphatic heterocycles. The standard InChI is InChI=1S/C12H22N4O2/c1-6-18-7-8(2)13-10(17)9-14-11(16-15-9)12(3,4)5/h8H,6-7H2,1-5H3,(H,13,17)(H,14,15,16). The van der Waals surface area contributed by atoms with E-state index >= 15 is 0 Å². The van der Waals surface area contributed by atoms with E-state index in [4.69, 9.17) is 4.74 Å². The molecule has 1 unspecified atom stereocenters. The number of H-pyrrole nitrogens is 1. The fraction of sp³-hybridized carbons (Fsp3) is 0.750. The molecule has 102 valence electrons. The van der Waals surface area contributed by atoms with Gasteiger partial charge in [-0.25, -0.2) is 4.98 Å². The minimum Gasteiger partial charge on any atom is -0.380 e. The van der Waals surface area contributed by atoms with Gasteiger partial charge in [0.25, 0.3) is 5.91 Å². The molecule has 0 aliphatic rings. The van der Waals surface area contributed by atoms with Gasteiger partial charge in [0.1, 0.15) is 5.82 Å². The third kappa shape index (κ3) is 4.10. The van der Waals surface area contributed by atoms with Gasteiger partial charge in [-0.3, -0.25) is 9.89 Å². The van der Waals surface area contributed by atoms with E-state index in [-0.39, 0.29) is 23.2 Å². The van der Waals surface area contributed by atoms with Gasteiger partial charge in [0.2, 0.25) is 5.82 Å². The Morgan fingerprint density at radius 2 is 2.17 bits per heavy atom. The van der Waals surface area contributed by atoms with E-state index in [1.807, 2.05) is 34.6 Å². The summed E-state index contributed by atoms with van der Waals surface area (Å²) in [7, 11) is 0. The molecule has 1 aromatic heterocycles. The summed E-state index contributed by atoms with van der Waals surface area (Å²) in [6.45, 7) is 10.9. The number of carbonyl (C=O) groups excluding carboxylic acids is 1. The molecule has 6 heteroatoms. The number of aromatic nitrogens is 3. The number of rotatable bonds is 5. The van der Waals surface area contributed by atoms with Gasteiger partial charge in [-0.15, -0.1) is 5.10 Å². The number of ether oxygens (including phenoxy) is 1. The lowest BCUT2D eigenvalue weighted by Gasteiger charge is -2.13. The van der Waals surface area contributed by atoms with E-state index < -0.39 is 0 Å². The maximum Gasteiger partial charge on any atom is 0.291 e. The largest absolute Gasteiger partial charge is 0.380 e. The van der Waals surface area contributed by atoms with Crippen LogP contribution in [0.25, 0.3) is 0 Å². The molecule has 0 saturated heterocycles. The summed E-state index contributed by atoms with van der Waals surface area (Å²) >= 11 is 0. The lowest BCUT2D eigenvalue weighted by atomic mass is 9.96. The lowest BCUT2D eigenvalue weighted by molar-refractivity contribution is 0.0862. The zero-order valence-corrected chi connectivity index (χ0v) is 11.7. The van der Waals surface area contributed by atoms with Gasteiger partial charge in [-0.05, 0) is 13.8 Å². The predicted molar refractivity (Wildman–Crippen MR) is 68.5 cm³/mol. The molecule has 1 aromatic rings. The lowest BCUT2D eigenvalue weighted by Crippen LogP contribution is -2.36. The number of hydrogen-bond acceptors (Lipinski definition) is 4. The molecule has 1 rings (SSSR count). The summed E-state index contributed by atoms with van der Waals surface area (Å²) in [6, 6.07) is -0.0611. The van der Waals surface area contributed by atoms with Gasteiger partial charge in [0.05, 0.1) is 6.61 Å². The van der Waals surface area contributed by atoms with E-state index in [1.165, 1.54) is 0 Å². The smallest absolute Gasteiger partial charge is 0.291 e. The first-order valence-electron chi connectivity index (χ1n) is 6.16. The van der Waals surface area contributed by atoms with Crippen LogP contribution in [-0.4, -0.2) is 40.3 Å². The Hall–Kier alpha value is -1.43. The third-order valence-electron chi connectivity index (χ3n) is 2.35. The molecule has 0 fully saturated rings. The Morgan fingerprint density at radius 3 is 2.67 bits per heavy atom. The highest BCUT2D eigenvalue weighted by molar-refractivity contribution is 5.90. The van der Waals surface area contributed by atoms with E-state index in [2.05, 4.69) is 20.5 Å². The van der Waals surface area contributed by atoms with Gasteiger partial charge in [-0.1, -0.05) is 20.8 Å². The summed E-state index contributed by atoms with van der Waals surface area (Å²) in [5.41, 5.74) is -0.150. The molecule has 1 heterocycles. The summed E-state index contributed by atoms with van der Waals surface area (Å²) in [4.78, 5) is 16.0. The normalized spacial score (nSPS) is 13.4. The zero-order chi connectivity index (χ0) is 13.8. The molecule has 0 aromatic carbocycles. The zero-order valence-electron chi connectivity index (χ0n) is 11.7. The minimum absolute atomic E-state index is 0.0611. The SMILES string of the molecule is CCOCC(C)NC(=O)c1n[nH]c(C(C)(C)C)n1. The van der Waals surface area contributed by atoms with Crippen LogP contribution < -0.4 is 5.32 Å². The van der Waals surface area contributed by atoms with Gasteiger partial charge >= 0.3 is 0 Å². The summed E-state index contributed by atoms with van der Waals surface area (Å²) in [5.74, 6) is 0.585. The number of aromatic amines is 1. The van der Waals surface area contributed by atoms with Crippen molar-refractivity contribution in [3.8, 4) is 0 Å². The highest BCUT2D eigenvalue weighted by atomic mass is 16.5. The van der Waals surface area contributed by atoms with E-state index in [0.717, 1.165) is 0 Å². The van der Waals surface area contributed by atoms with Crippen molar-refractivity contribution in [2.24, 2.45) is 0 Å². The third-order valence-corrected chi connectivity index (χ3v) is 2.35. The summed E-state index contributed by atoms with van der Waals surface area (Å²) < 4.78 is 5.23. The van der Waals surface area contributed by atoms with Crippen molar-refractivity contribution >= 4 is 5.91 Å². The number of nitrogens with one attached hydrogen (secondary N) is 2. The Bertz CT molecular complexity index is 395. The van der Waals surface area contributed by atoms with Crippen molar-refractivity contribution in [3.63, 3.8) is 0 Å². The Morgan fingerprint density at radius 1 is 1.50 bits per heavy atom. The van der Waals surface area contributed by atoms with Crippen LogP contribution in [0.1, 0.15) is 51.1 Å². The second-order valence-electron chi connectivity index (χ2n) is 5.29. The van der Waals surface area contributed by atoms with Crippen LogP contribution in [0.4, 0.5) is 0 Å². The van der Waals surface area contributed by atoms with Crippen molar-refractivity contribution in [3.05, 3.63) is 11.6 Å². The Labute approximate surface area is 108 Å². The molecular formula is C12H22N4O2. The number of nitrogens with zero attached hydrogens (tertiary/aromatic N) is 2. The highest BCUT2D eigenvalue weighted by Crippen LogP contribution is 2.17. The van der Waals surface area contributed by atoms with Gasteiger partial charge < -0.3 is 10.1 Å². The van der Waals surface area contributed by atoms with E-state index in [0.29, 0.717) is 19.0 Å². The number of amides is 1. The van der Waals surface area contributed by atoms with Crippen LogP contribution >= 0.6 is 0 Å². The monoisotopic (exact) mass is 254 g/mol. The summed E-state index contributed by atoms with van der Waals surface area (Å²) in [5, 5.41) is 9.50. The average Bonchev–Trinajstić information content (AvgIpc) is 2.75. The van der Waals surface area contributed by atoms with Crippen LogP contribution in [0, 0.1) is 0 Å². The Kier molecular flexibility index (Phi) is 4.84. The quantitative estimate of drug-likeness (QED) is 0.829. The van der Waals surface area contributed by atoms with Crippen LogP contribution in [0.3, 0.4) is 0 Å². The Balaban J connectivity index is 2.59. The first-order chi connectivity index (χ1) is 8.34. The van der Waals surface area contributed by atoms with Crippen molar-refractivity contribution in [1.29, 1.82) is 0 Å². The van der Waals surface area contributed by atoms with Crippen molar-refractivity contribution in [2.45, 2.75) is 46.1 Å². The second kappa shape index (κ2) is 5.95. The molecule has 18 heavy (non-hydrogen) atoms. The average molecular weight is 254 g/mol. The topological polar surface area (TPSA) is 79.9 Å².